The molecule has 4 N–H and O–H groups in total. The van der Waals surface area contributed by atoms with Crippen LogP contribution in [0.25, 0.3) is 0 Å². The number of nitrogens with two attached hydrogens (primary N) is 1. The first-order valence-corrected chi connectivity index (χ1v) is 6.24. The number of carbonyl (C=O) groups is 2. The van der Waals surface area contributed by atoms with E-state index >= 15 is 0 Å². The van der Waals surface area contributed by atoms with Crippen LogP contribution in [-0.2, 0) is 9.59 Å². The SMILES string of the molecule is CCCC(CNC(=O)CC(CC)CN)C(=O)O. The summed E-state index contributed by atoms with van der Waals surface area (Å²) in [7, 11) is 0. The Hall–Kier alpha value is -1.10. The Morgan fingerprint density at radius 1 is 1.35 bits per heavy atom. The minimum atomic E-state index is -0.849. The predicted octanol–water partition coefficient (Wildman–Crippen LogP) is 0.979. The van der Waals surface area contributed by atoms with Gasteiger partial charge < -0.3 is 16.2 Å². The Bertz CT molecular complexity index is 240. The van der Waals surface area contributed by atoms with E-state index in [0.717, 1.165) is 12.8 Å². The van der Waals surface area contributed by atoms with Gasteiger partial charge in [-0.3, -0.25) is 9.59 Å². The molecule has 0 aromatic rings. The Morgan fingerprint density at radius 2 is 2.00 bits per heavy atom. The van der Waals surface area contributed by atoms with E-state index in [1.807, 2.05) is 13.8 Å². The first-order chi connectivity index (χ1) is 8.04. The number of aliphatic carboxylic acids is 1. The van der Waals surface area contributed by atoms with Crippen molar-refractivity contribution in [1.29, 1.82) is 0 Å². The summed E-state index contributed by atoms with van der Waals surface area (Å²) in [5, 5.41) is 11.6. The molecule has 2 unspecified atom stereocenters. The summed E-state index contributed by atoms with van der Waals surface area (Å²) >= 11 is 0. The van der Waals surface area contributed by atoms with Gasteiger partial charge in [0.25, 0.3) is 0 Å². The molecule has 0 heterocycles. The van der Waals surface area contributed by atoms with Crippen LogP contribution in [0, 0.1) is 11.8 Å². The number of carboxylic acids is 1. The van der Waals surface area contributed by atoms with E-state index in [1.54, 1.807) is 0 Å². The summed E-state index contributed by atoms with van der Waals surface area (Å²) in [5.74, 6) is -1.26. The highest BCUT2D eigenvalue weighted by Gasteiger charge is 2.18. The molecule has 0 saturated carbocycles. The van der Waals surface area contributed by atoms with Crippen molar-refractivity contribution in [2.45, 2.75) is 39.5 Å². The zero-order chi connectivity index (χ0) is 13.3. The zero-order valence-electron chi connectivity index (χ0n) is 10.7. The van der Waals surface area contributed by atoms with Crippen LogP contribution in [0.5, 0.6) is 0 Å². The average Bonchev–Trinajstić information content (AvgIpc) is 2.30. The van der Waals surface area contributed by atoms with Gasteiger partial charge in [0.1, 0.15) is 0 Å². The first-order valence-electron chi connectivity index (χ1n) is 6.24. The van der Waals surface area contributed by atoms with E-state index < -0.39 is 11.9 Å². The molecular weight excluding hydrogens is 220 g/mol. The Labute approximate surface area is 103 Å². The molecule has 5 heteroatoms. The van der Waals surface area contributed by atoms with E-state index in [0.29, 0.717) is 19.4 Å². The highest BCUT2D eigenvalue weighted by Crippen LogP contribution is 2.07. The van der Waals surface area contributed by atoms with Crippen LogP contribution in [0.15, 0.2) is 0 Å². The second kappa shape index (κ2) is 8.98. The van der Waals surface area contributed by atoms with Crippen molar-refractivity contribution in [1.82, 2.24) is 5.32 Å². The number of amides is 1. The molecule has 0 aliphatic carbocycles. The molecule has 0 aromatic heterocycles. The molecule has 0 spiro atoms. The number of rotatable bonds is 9. The van der Waals surface area contributed by atoms with Crippen molar-refractivity contribution >= 4 is 11.9 Å². The lowest BCUT2D eigenvalue weighted by Gasteiger charge is -2.15. The lowest BCUT2D eigenvalue weighted by Crippen LogP contribution is -2.34. The van der Waals surface area contributed by atoms with Gasteiger partial charge in [-0.1, -0.05) is 26.7 Å². The maximum absolute atomic E-state index is 11.5. The van der Waals surface area contributed by atoms with E-state index in [9.17, 15) is 9.59 Å². The van der Waals surface area contributed by atoms with Crippen LogP contribution in [-0.4, -0.2) is 30.1 Å². The van der Waals surface area contributed by atoms with E-state index in [4.69, 9.17) is 10.8 Å². The fourth-order valence-corrected chi connectivity index (χ4v) is 1.63. The Balaban J connectivity index is 3.99. The van der Waals surface area contributed by atoms with Gasteiger partial charge in [-0.2, -0.15) is 0 Å². The summed E-state index contributed by atoms with van der Waals surface area (Å²) in [5.41, 5.74) is 5.51. The summed E-state index contributed by atoms with van der Waals surface area (Å²) in [6.07, 6.45) is 2.63. The zero-order valence-corrected chi connectivity index (χ0v) is 10.7. The van der Waals surface area contributed by atoms with Crippen molar-refractivity contribution in [2.75, 3.05) is 13.1 Å². The lowest BCUT2D eigenvalue weighted by atomic mass is 10.0. The fraction of sp³-hybridized carbons (Fsp3) is 0.833. The maximum atomic E-state index is 11.5. The van der Waals surface area contributed by atoms with Gasteiger partial charge in [0.05, 0.1) is 5.92 Å². The third kappa shape index (κ3) is 6.94. The normalized spacial score (nSPS) is 14.1. The molecule has 0 aliphatic heterocycles. The number of carbonyl (C=O) groups excluding carboxylic acids is 1. The van der Waals surface area contributed by atoms with Crippen molar-refractivity contribution in [3.63, 3.8) is 0 Å². The molecule has 0 radical (unpaired) electrons. The summed E-state index contributed by atoms with van der Waals surface area (Å²) in [6, 6.07) is 0. The molecule has 2 atom stereocenters. The quantitative estimate of drug-likeness (QED) is 0.563. The van der Waals surface area contributed by atoms with Crippen LogP contribution in [0.4, 0.5) is 0 Å². The number of nitrogens with one attached hydrogen (secondary N) is 1. The van der Waals surface area contributed by atoms with Crippen LogP contribution < -0.4 is 11.1 Å². The summed E-state index contributed by atoms with van der Waals surface area (Å²) in [4.78, 5) is 22.4. The smallest absolute Gasteiger partial charge is 0.308 e. The van der Waals surface area contributed by atoms with Crippen molar-refractivity contribution < 1.29 is 14.7 Å². The standard InChI is InChI=1S/C12H24N2O3/c1-3-5-10(12(16)17)8-14-11(15)6-9(4-2)7-13/h9-10H,3-8,13H2,1-2H3,(H,14,15)(H,16,17). The highest BCUT2D eigenvalue weighted by atomic mass is 16.4. The third-order valence-corrected chi connectivity index (χ3v) is 2.92. The molecule has 17 heavy (non-hydrogen) atoms. The van der Waals surface area contributed by atoms with E-state index in [1.165, 1.54) is 0 Å². The number of hydrogen-bond acceptors (Lipinski definition) is 3. The van der Waals surface area contributed by atoms with Gasteiger partial charge in [0.15, 0.2) is 0 Å². The second-order valence-corrected chi connectivity index (χ2v) is 4.34. The molecule has 5 nitrogen and oxygen atoms in total. The minimum Gasteiger partial charge on any atom is -0.481 e. The van der Waals surface area contributed by atoms with Gasteiger partial charge in [-0.15, -0.1) is 0 Å². The second-order valence-electron chi connectivity index (χ2n) is 4.34. The predicted molar refractivity (Wildman–Crippen MR) is 66.5 cm³/mol. The van der Waals surface area contributed by atoms with Gasteiger partial charge >= 0.3 is 5.97 Å². The minimum absolute atomic E-state index is 0.107. The molecule has 0 aliphatic rings. The van der Waals surface area contributed by atoms with Gasteiger partial charge in [0.2, 0.25) is 5.91 Å². The molecular formula is C12H24N2O3. The topological polar surface area (TPSA) is 92.4 Å². The van der Waals surface area contributed by atoms with Gasteiger partial charge in [-0.05, 0) is 18.9 Å². The molecule has 0 bridgehead atoms. The van der Waals surface area contributed by atoms with Gasteiger partial charge in [-0.25, -0.2) is 0 Å². The van der Waals surface area contributed by atoms with Crippen LogP contribution >= 0.6 is 0 Å². The summed E-state index contributed by atoms with van der Waals surface area (Å²) < 4.78 is 0. The molecule has 0 aromatic carbocycles. The van der Waals surface area contributed by atoms with Crippen LogP contribution in [0.3, 0.4) is 0 Å². The number of carboxylic acid groups (broad SMARTS) is 1. The lowest BCUT2D eigenvalue weighted by molar-refractivity contribution is -0.141. The Morgan fingerprint density at radius 3 is 2.41 bits per heavy atom. The molecule has 0 rings (SSSR count). The Kier molecular flexibility index (Phi) is 8.40. The van der Waals surface area contributed by atoms with Crippen LogP contribution in [0.2, 0.25) is 0 Å². The summed E-state index contributed by atoms with van der Waals surface area (Å²) in [6.45, 7) is 4.62. The molecule has 100 valence electrons. The molecule has 0 fully saturated rings. The van der Waals surface area contributed by atoms with Crippen molar-refractivity contribution in [2.24, 2.45) is 17.6 Å². The average molecular weight is 244 g/mol. The molecule has 0 saturated heterocycles. The van der Waals surface area contributed by atoms with Gasteiger partial charge in [0, 0.05) is 13.0 Å². The van der Waals surface area contributed by atoms with Crippen molar-refractivity contribution in [3.8, 4) is 0 Å². The monoisotopic (exact) mass is 244 g/mol. The first kappa shape index (κ1) is 15.9. The van der Waals surface area contributed by atoms with E-state index in [-0.39, 0.29) is 18.4 Å². The number of hydrogen-bond donors (Lipinski definition) is 3. The van der Waals surface area contributed by atoms with E-state index in [2.05, 4.69) is 5.32 Å². The van der Waals surface area contributed by atoms with Crippen molar-refractivity contribution in [3.05, 3.63) is 0 Å². The van der Waals surface area contributed by atoms with Crippen LogP contribution in [0.1, 0.15) is 39.5 Å². The fourth-order valence-electron chi connectivity index (χ4n) is 1.63. The largest absolute Gasteiger partial charge is 0.481 e. The highest BCUT2D eigenvalue weighted by molar-refractivity contribution is 5.77. The third-order valence-electron chi connectivity index (χ3n) is 2.92. The maximum Gasteiger partial charge on any atom is 0.308 e. The molecule has 1 amide bonds.